The standard InChI is InChI=1S/C18H32O4/c1-12(2)11-21-13(3)22-17-15-8-6-5-7-14(15)9-10-16(17)18(19)20-4/h12-17H,5-11H2,1-4H3. The Balaban J connectivity index is 2.03. The molecule has 128 valence electrons. The Labute approximate surface area is 134 Å². The first-order valence-electron chi connectivity index (χ1n) is 8.87. The molecule has 4 nitrogen and oxygen atoms in total. The number of hydrogen-bond acceptors (Lipinski definition) is 4. The van der Waals surface area contributed by atoms with E-state index in [1.165, 1.54) is 32.8 Å². The molecule has 2 saturated carbocycles. The summed E-state index contributed by atoms with van der Waals surface area (Å²) in [7, 11) is 1.48. The minimum absolute atomic E-state index is 0.0475. The van der Waals surface area contributed by atoms with Crippen molar-refractivity contribution < 1.29 is 19.0 Å². The second kappa shape index (κ2) is 8.30. The minimum Gasteiger partial charge on any atom is -0.469 e. The highest BCUT2D eigenvalue weighted by atomic mass is 16.7. The highest BCUT2D eigenvalue weighted by Gasteiger charge is 2.45. The first kappa shape index (κ1) is 17.7. The predicted molar refractivity (Wildman–Crippen MR) is 85.3 cm³/mol. The van der Waals surface area contributed by atoms with Gasteiger partial charge in [-0.3, -0.25) is 4.79 Å². The van der Waals surface area contributed by atoms with Gasteiger partial charge in [-0.25, -0.2) is 0 Å². The minimum atomic E-state index is -0.264. The van der Waals surface area contributed by atoms with E-state index >= 15 is 0 Å². The molecule has 0 aromatic heterocycles. The van der Waals surface area contributed by atoms with Crippen LogP contribution < -0.4 is 0 Å². The monoisotopic (exact) mass is 312 g/mol. The maximum absolute atomic E-state index is 12.2. The van der Waals surface area contributed by atoms with Crippen LogP contribution in [0.15, 0.2) is 0 Å². The van der Waals surface area contributed by atoms with Gasteiger partial charge in [0.05, 0.1) is 25.7 Å². The van der Waals surface area contributed by atoms with Gasteiger partial charge in [-0.05, 0) is 43.9 Å². The summed E-state index contributed by atoms with van der Waals surface area (Å²) in [5.74, 6) is 1.42. The van der Waals surface area contributed by atoms with E-state index < -0.39 is 0 Å². The van der Waals surface area contributed by atoms with Crippen LogP contribution in [0.5, 0.6) is 0 Å². The van der Waals surface area contributed by atoms with Gasteiger partial charge in [0.1, 0.15) is 0 Å². The number of rotatable bonds is 6. The van der Waals surface area contributed by atoms with E-state index in [9.17, 15) is 4.79 Å². The molecule has 4 heteroatoms. The summed E-state index contributed by atoms with van der Waals surface area (Å²) in [5, 5.41) is 0. The lowest BCUT2D eigenvalue weighted by Crippen LogP contribution is -2.47. The first-order valence-corrected chi connectivity index (χ1v) is 8.87. The molecule has 0 aliphatic heterocycles. The lowest BCUT2D eigenvalue weighted by molar-refractivity contribution is -0.211. The van der Waals surface area contributed by atoms with E-state index in [2.05, 4.69) is 13.8 Å². The molecule has 2 rings (SSSR count). The first-order chi connectivity index (χ1) is 10.5. The Morgan fingerprint density at radius 2 is 1.82 bits per heavy atom. The number of methoxy groups -OCH3 is 1. The van der Waals surface area contributed by atoms with Gasteiger partial charge >= 0.3 is 5.97 Å². The van der Waals surface area contributed by atoms with Crippen LogP contribution in [0.1, 0.15) is 59.3 Å². The van der Waals surface area contributed by atoms with Crippen LogP contribution in [0, 0.1) is 23.7 Å². The molecule has 0 spiro atoms. The van der Waals surface area contributed by atoms with Crippen LogP contribution >= 0.6 is 0 Å². The topological polar surface area (TPSA) is 44.8 Å². The fraction of sp³-hybridized carbons (Fsp3) is 0.944. The van der Waals surface area contributed by atoms with Gasteiger partial charge in [0.15, 0.2) is 6.29 Å². The molecular weight excluding hydrogens is 280 g/mol. The summed E-state index contributed by atoms with van der Waals surface area (Å²) in [6.07, 6.45) is 6.71. The van der Waals surface area contributed by atoms with Crippen LogP contribution in [0.25, 0.3) is 0 Å². The van der Waals surface area contributed by atoms with E-state index in [-0.39, 0.29) is 24.3 Å². The summed E-state index contributed by atoms with van der Waals surface area (Å²) < 4.78 is 17.0. The van der Waals surface area contributed by atoms with E-state index in [0.29, 0.717) is 24.4 Å². The molecule has 0 amide bonds. The molecule has 0 aromatic rings. The number of esters is 1. The van der Waals surface area contributed by atoms with Gasteiger partial charge in [0.25, 0.3) is 0 Å². The zero-order chi connectivity index (χ0) is 16.1. The van der Waals surface area contributed by atoms with Crippen LogP contribution in [0.2, 0.25) is 0 Å². The second-order valence-electron chi connectivity index (χ2n) is 7.31. The van der Waals surface area contributed by atoms with E-state index in [0.717, 1.165) is 12.8 Å². The SMILES string of the molecule is COC(=O)C1CCC2CCCCC2C1OC(C)OCC(C)C. The molecule has 5 atom stereocenters. The molecule has 22 heavy (non-hydrogen) atoms. The Bertz CT molecular complexity index is 355. The molecule has 0 saturated heterocycles. The van der Waals surface area contributed by atoms with Crippen molar-refractivity contribution in [1.82, 2.24) is 0 Å². The summed E-state index contributed by atoms with van der Waals surface area (Å²) in [5.41, 5.74) is 0. The normalized spacial score (nSPS) is 33.3. The molecule has 2 fully saturated rings. The highest BCUT2D eigenvalue weighted by molar-refractivity contribution is 5.73. The molecule has 0 radical (unpaired) electrons. The van der Waals surface area contributed by atoms with E-state index in [1.54, 1.807) is 0 Å². The molecule has 0 N–H and O–H groups in total. The van der Waals surface area contributed by atoms with Crippen molar-refractivity contribution in [3.8, 4) is 0 Å². The van der Waals surface area contributed by atoms with Gasteiger partial charge in [0, 0.05) is 0 Å². The van der Waals surface area contributed by atoms with E-state index in [1.807, 2.05) is 6.92 Å². The number of carbonyl (C=O) groups is 1. The van der Waals surface area contributed by atoms with Crippen molar-refractivity contribution in [2.75, 3.05) is 13.7 Å². The third-order valence-electron chi connectivity index (χ3n) is 5.15. The zero-order valence-corrected chi connectivity index (χ0v) is 14.5. The molecule has 5 unspecified atom stereocenters. The van der Waals surface area contributed by atoms with Crippen molar-refractivity contribution in [2.45, 2.75) is 71.7 Å². The lowest BCUT2D eigenvalue weighted by atomic mass is 9.65. The van der Waals surface area contributed by atoms with Crippen molar-refractivity contribution in [2.24, 2.45) is 23.7 Å². The number of ether oxygens (including phenoxy) is 3. The predicted octanol–water partition coefficient (Wildman–Crippen LogP) is 3.78. The fourth-order valence-electron chi connectivity index (χ4n) is 4.07. The van der Waals surface area contributed by atoms with Gasteiger partial charge < -0.3 is 14.2 Å². The maximum atomic E-state index is 12.2. The van der Waals surface area contributed by atoms with Crippen LogP contribution in [0.4, 0.5) is 0 Å². The Morgan fingerprint density at radius 1 is 1.09 bits per heavy atom. The summed E-state index contributed by atoms with van der Waals surface area (Å²) in [6.45, 7) is 6.89. The summed E-state index contributed by atoms with van der Waals surface area (Å²) in [4.78, 5) is 12.2. The van der Waals surface area contributed by atoms with Crippen LogP contribution in [-0.2, 0) is 19.0 Å². The quantitative estimate of drug-likeness (QED) is 0.553. The average molecular weight is 312 g/mol. The maximum Gasteiger partial charge on any atom is 0.311 e. The van der Waals surface area contributed by atoms with Crippen molar-refractivity contribution in [1.29, 1.82) is 0 Å². The molecule has 2 aliphatic carbocycles. The Morgan fingerprint density at radius 3 is 2.50 bits per heavy atom. The zero-order valence-electron chi connectivity index (χ0n) is 14.5. The van der Waals surface area contributed by atoms with Gasteiger partial charge in [-0.15, -0.1) is 0 Å². The summed E-state index contributed by atoms with van der Waals surface area (Å²) in [6, 6.07) is 0. The second-order valence-corrected chi connectivity index (χ2v) is 7.31. The Kier molecular flexibility index (Phi) is 6.69. The van der Waals surface area contributed by atoms with Crippen molar-refractivity contribution in [3.63, 3.8) is 0 Å². The fourth-order valence-corrected chi connectivity index (χ4v) is 4.07. The molecule has 0 heterocycles. The lowest BCUT2D eigenvalue weighted by Gasteiger charge is -2.45. The van der Waals surface area contributed by atoms with Crippen molar-refractivity contribution in [3.05, 3.63) is 0 Å². The molecular formula is C18H32O4. The average Bonchev–Trinajstić information content (AvgIpc) is 2.52. The third kappa shape index (κ3) is 4.45. The smallest absolute Gasteiger partial charge is 0.311 e. The molecule has 0 aromatic carbocycles. The van der Waals surface area contributed by atoms with Gasteiger partial charge in [-0.2, -0.15) is 0 Å². The van der Waals surface area contributed by atoms with E-state index in [4.69, 9.17) is 14.2 Å². The van der Waals surface area contributed by atoms with Crippen LogP contribution in [0.3, 0.4) is 0 Å². The highest BCUT2D eigenvalue weighted by Crippen LogP contribution is 2.45. The number of hydrogen-bond donors (Lipinski definition) is 0. The molecule has 0 bridgehead atoms. The molecule has 2 aliphatic rings. The Hall–Kier alpha value is -0.610. The van der Waals surface area contributed by atoms with Gasteiger partial charge in [-0.1, -0.05) is 33.1 Å². The van der Waals surface area contributed by atoms with Gasteiger partial charge in [0.2, 0.25) is 0 Å². The van der Waals surface area contributed by atoms with Crippen LogP contribution in [-0.4, -0.2) is 32.1 Å². The third-order valence-corrected chi connectivity index (χ3v) is 5.15. The largest absolute Gasteiger partial charge is 0.469 e. The number of carbonyl (C=O) groups excluding carboxylic acids is 1. The summed E-state index contributed by atoms with van der Waals surface area (Å²) >= 11 is 0. The van der Waals surface area contributed by atoms with Crippen molar-refractivity contribution >= 4 is 5.97 Å². The number of fused-ring (bicyclic) bond motifs is 1.